The lowest BCUT2D eigenvalue weighted by Crippen LogP contribution is -2.40. The van der Waals surface area contributed by atoms with Crippen LogP contribution in [0.3, 0.4) is 0 Å². The second-order valence-electron chi connectivity index (χ2n) is 5.87. The van der Waals surface area contributed by atoms with Crippen molar-refractivity contribution in [2.24, 2.45) is 0 Å². The van der Waals surface area contributed by atoms with Crippen molar-refractivity contribution < 1.29 is 19.1 Å². The van der Waals surface area contributed by atoms with Gasteiger partial charge in [0.2, 0.25) is 0 Å². The first-order valence-electron chi connectivity index (χ1n) is 8.69. The number of rotatable bonds is 5. The number of para-hydroxylation sites is 2. The van der Waals surface area contributed by atoms with E-state index in [9.17, 15) is 9.59 Å². The summed E-state index contributed by atoms with van der Waals surface area (Å²) in [5, 5.41) is 2.85. The highest BCUT2D eigenvalue weighted by Gasteiger charge is 2.19. The van der Waals surface area contributed by atoms with Gasteiger partial charge >= 0.3 is 0 Å². The van der Waals surface area contributed by atoms with E-state index in [-0.39, 0.29) is 11.8 Å². The fourth-order valence-electron chi connectivity index (χ4n) is 2.76. The molecule has 0 aromatic heterocycles. The number of anilines is 1. The van der Waals surface area contributed by atoms with E-state index in [0.717, 1.165) is 0 Å². The molecular formula is C20H22N2O4. The maximum Gasteiger partial charge on any atom is 0.255 e. The Kier molecular flexibility index (Phi) is 5.86. The van der Waals surface area contributed by atoms with Gasteiger partial charge in [-0.05, 0) is 43.3 Å². The molecule has 0 atom stereocenters. The van der Waals surface area contributed by atoms with E-state index in [0.29, 0.717) is 55.5 Å². The molecule has 0 radical (unpaired) electrons. The van der Waals surface area contributed by atoms with Crippen LogP contribution in [-0.4, -0.2) is 49.6 Å². The smallest absolute Gasteiger partial charge is 0.255 e. The first kappa shape index (κ1) is 17.9. The minimum absolute atomic E-state index is 0.0399. The average Bonchev–Trinajstić information content (AvgIpc) is 2.70. The first-order valence-corrected chi connectivity index (χ1v) is 8.69. The van der Waals surface area contributed by atoms with Gasteiger partial charge in [0.15, 0.2) is 0 Å². The minimum atomic E-state index is -0.248. The average molecular weight is 354 g/mol. The van der Waals surface area contributed by atoms with Crippen molar-refractivity contribution in [1.82, 2.24) is 4.90 Å². The van der Waals surface area contributed by atoms with Crippen molar-refractivity contribution in [3.63, 3.8) is 0 Å². The van der Waals surface area contributed by atoms with Crippen LogP contribution in [0.2, 0.25) is 0 Å². The second kappa shape index (κ2) is 8.49. The number of ether oxygens (including phenoxy) is 2. The SMILES string of the molecule is CCOc1ccccc1NC(=O)c1ccc(C(=O)N2CCOCC2)cc1. The number of nitrogens with zero attached hydrogens (tertiary/aromatic N) is 1. The molecule has 2 aromatic rings. The molecule has 1 N–H and O–H groups in total. The molecule has 1 aliphatic rings. The molecule has 0 spiro atoms. The van der Waals surface area contributed by atoms with Gasteiger partial charge in [-0.3, -0.25) is 9.59 Å². The van der Waals surface area contributed by atoms with Crippen LogP contribution < -0.4 is 10.1 Å². The monoisotopic (exact) mass is 354 g/mol. The topological polar surface area (TPSA) is 67.9 Å². The van der Waals surface area contributed by atoms with Crippen LogP contribution in [0, 0.1) is 0 Å². The highest BCUT2D eigenvalue weighted by atomic mass is 16.5. The largest absolute Gasteiger partial charge is 0.492 e. The molecule has 1 aliphatic heterocycles. The van der Waals surface area contributed by atoms with Crippen molar-refractivity contribution in [3.8, 4) is 5.75 Å². The normalized spacial score (nSPS) is 14.0. The Morgan fingerprint density at radius 3 is 2.38 bits per heavy atom. The standard InChI is InChI=1S/C20H22N2O4/c1-2-26-18-6-4-3-5-17(18)21-19(23)15-7-9-16(10-8-15)20(24)22-11-13-25-14-12-22/h3-10H,2,11-14H2,1H3,(H,21,23). The van der Waals surface area contributed by atoms with Crippen molar-refractivity contribution in [2.45, 2.75) is 6.92 Å². The van der Waals surface area contributed by atoms with Gasteiger partial charge < -0.3 is 19.7 Å². The number of carbonyl (C=O) groups excluding carboxylic acids is 2. The summed E-state index contributed by atoms with van der Waals surface area (Å²) in [6.45, 7) is 4.72. The van der Waals surface area contributed by atoms with E-state index in [1.165, 1.54) is 0 Å². The van der Waals surface area contributed by atoms with Crippen LogP contribution in [0.25, 0.3) is 0 Å². The lowest BCUT2D eigenvalue weighted by atomic mass is 10.1. The molecule has 0 saturated carbocycles. The molecule has 3 rings (SSSR count). The number of hydrogen-bond donors (Lipinski definition) is 1. The number of amides is 2. The minimum Gasteiger partial charge on any atom is -0.492 e. The summed E-state index contributed by atoms with van der Waals surface area (Å²) in [6, 6.07) is 14.0. The Hall–Kier alpha value is -2.86. The molecular weight excluding hydrogens is 332 g/mol. The summed E-state index contributed by atoms with van der Waals surface area (Å²) in [6.07, 6.45) is 0. The Morgan fingerprint density at radius 1 is 1.04 bits per heavy atom. The van der Waals surface area contributed by atoms with Crippen LogP contribution >= 0.6 is 0 Å². The Morgan fingerprint density at radius 2 is 1.69 bits per heavy atom. The third kappa shape index (κ3) is 4.21. The third-order valence-electron chi connectivity index (χ3n) is 4.13. The molecule has 26 heavy (non-hydrogen) atoms. The van der Waals surface area contributed by atoms with E-state index in [4.69, 9.17) is 9.47 Å². The van der Waals surface area contributed by atoms with E-state index in [2.05, 4.69) is 5.32 Å². The zero-order valence-corrected chi connectivity index (χ0v) is 14.7. The van der Waals surface area contributed by atoms with Gasteiger partial charge in [-0.15, -0.1) is 0 Å². The summed E-state index contributed by atoms with van der Waals surface area (Å²) in [5.74, 6) is 0.340. The molecule has 6 nitrogen and oxygen atoms in total. The van der Waals surface area contributed by atoms with E-state index < -0.39 is 0 Å². The van der Waals surface area contributed by atoms with Gasteiger partial charge in [0.1, 0.15) is 5.75 Å². The summed E-state index contributed by atoms with van der Waals surface area (Å²) in [7, 11) is 0. The molecule has 0 aliphatic carbocycles. The number of hydrogen-bond acceptors (Lipinski definition) is 4. The summed E-state index contributed by atoms with van der Waals surface area (Å²) >= 11 is 0. The lowest BCUT2D eigenvalue weighted by Gasteiger charge is -2.26. The van der Waals surface area contributed by atoms with Gasteiger partial charge in [0.25, 0.3) is 11.8 Å². The van der Waals surface area contributed by atoms with E-state index in [1.54, 1.807) is 35.2 Å². The number of nitrogens with one attached hydrogen (secondary N) is 1. The van der Waals surface area contributed by atoms with Gasteiger partial charge in [-0.25, -0.2) is 0 Å². The van der Waals surface area contributed by atoms with Crippen LogP contribution in [0.1, 0.15) is 27.6 Å². The van der Waals surface area contributed by atoms with Crippen molar-refractivity contribution in [2.75, 3.05) is 38.2 Å². The van der Waals surface area contributed by atoms with Crippen LogP contribution in [0.4, 0.5) is 5.69 Å². The zero-order chi connectivity index (χ0) is 18.4. The molecule has 1 fully saturated rings. The van der Waals surface area contributed by atoms with Gasteiger partial charge in [-0.1, -0.05) is 12.1 Å². The molecule has 2 amide bonds. The lowest BCUT2D eigenvalue weighted by molar-refractivity contribution is 0.0303. The molecule has 1 heterocycles. The predicted molar refractivity (Wildman–Crippen MR) is 98.7 cm³/mol. The molecule has 136 valence electrons. The summed E-state index contributed by atoms with van der Waals surface area (Å²) in [4.78, 5) is 26.7. The predicted octanol–water partition coefficient (Wildman–Crippen LogP) is 2.81. The van der Waals surface area contributed by atoms with Crippen molar-refractivity contribution in [3.05, 3.63) is 59.7 Å². The van der Waals surface area contributed by atoms with E-state index >= 15 is 0 Å². The second-order valence-corrected chi connectivity index (χ2v) is 5.87. The van der Waals surface area contributed by atoms with Crippen molar-refractivity contribution >= 4 is 17.5 Å². The fourth-order valence-corrected chi connectivity index (χ4v) is 2.76. The molecule has 6 heteroatoms. The number of morpholine rings is 1. The number of carbonyl (C=O) groups is 2. The maximum atomic E-state index is 12.5. The third-order valence-corrected chi connectivity index (χ3v) is 4.13. The number of benzene rings is 2. The van der Waals surface area contributed by atoms with Gasteiger partial charge in [0, 0.05) is 24.2 Å². The highest BCUT2D eigenvalue weighted by molar-refractivity contribution is 6.05. The van der Waals surface area contributed by atoms with Crippen molar-refractivity contribution in [1.29, 1.82) is 0 Å². The summed E-state index contributed by atoms with van der Waals surface area (Å²) in [5.41, 5.74) is 1.67. The summed E-state index contributed by atoms with van der Waals surface area (Å²) < 4.78 is 10.8. The first-order chi connectivity index (χ1) is 12.7. The van der Waals surface area contributed by atoms with Crippen LogP contribution in [0.5, 0.6) is 5.75 Å². The zero-order valence-electron chi connectivity index (χ0n) is 14.7. The van der Waals surface area contributed by atoms with E-state index in [1.807, 2.05) is 25.1 Å². The van der Waals surface area contributed by atoms with Crippen LogP contribution in [-0.2, 0) is 4.74 Å². The fraction of sp³-hybridized carbons (Fsp3) is 0.300. The molecule has 2 aromatic carbocycles. The van der Waals surface area contributed by atoms with Gasteiger partial charge in [0.05, 0.1) is 25.5 Å². The van der Waals surface area contributed by atoms with Gasteiger partial charge in [-0.2, -0.15) is 0 Å². The maximum absolute atomic E-state index is 12.5. The Labute approximate surface area is 152 Å². The molecule has 0 bridgehead atoms. The molecule has 0 unspecified atom stereocenters. The van der Waals surface area contributed by atoms with Crippen LogP contribution in [0.15, 0.2) is 48.5 Å². The highest BCUT2D eigenvalue weighted by Crippen LogP contribution is 2.24. The quantitative estimate of drug-likeness (QED) is 0.897. The molecule has 1 saturated heterocycles. The Balaban J connectivity index is 1.68. The Bertz CT molecular complexity index is 768.